The highest BCUT2D eigenvalue weighted by molar-refractivity contribution is 5.88. The van der Waals surface area contributed by atoms with Crippen LogP contribution < -0.4 is 5.32 Å². The summed E-state index contributed by atoms with van der Waals surface area (Å²) in [6, 6.07) is 0.356. The fraction of sp³-hybridized carbons (Fsp3) is 0.882. The first-order valence-corrected chi connectivity index (χ1v) is 8.98. The third kappa shape index (κ3) is 4.18. The molecule has 2 aliphatic heterocycles. The van der Waals surface area contributed by atoms with Crippen molar-refractivity contribution in [3.8, 4) is 0 Å². The molecule has 3 fully saturated rings. The van der Waals surface area contributed by atoms with E-state index in [1.807, 2.05) is 9.80 Å². The molecular formula is C17H30ClN3O2. The molecule has 3 atom stereocenters. The Morgan fingerprint density at radius 2 is 1.43 bits per heavy atom. The topological polar surface area (TPSA) is 52.7 Å². The molecule has 6 heteroatoms. The van der Waals surface area contributed by atoms with Gasteiger partial charge in [-0.3, -0.25) is 9.59 Å². The minimum Gasteiger partial charge on any atom is -0.342 e. The summed E-state index contributed by atoms with van der Waals surface area (Å²) in [5, 5.41) is 3.38. The lowest BCUT2D eigenvalue weighted by Gasteiger charge is -2.38. The molecule has 2 amide bonds. The summed E-state index contributed by atoms with van der Waals surface area (Å²) in [6.45, 7) is 6.32. The number of carbonyl (C=O) groups is 2. The van der Waals surface area contributed by atoms with E-state index < -0.39 is 0 Å². The summed E-state index contributed by atoms with van der Waals surface area (Å²) in [5.41, 5.74) is 0. The van der Waals surface area contributed by atoms with Gasteiger partial charge >= 0.3 is 0 Å². The van der Waals surface area contributed by atoms with Crippen molar-refractivity contribution in [3.63, 3.8) is 0 Å². The molecule has 3 unspecified atom stereocenters. The van der Waals surface area contributed by atoms with E-state index in [0.29, 0.717) is 6.04 Å². The number of nitrogens with zero attached hydrogens (tertiary/aromatic N) is 2. The first-order valence-electron chi connectivity index (χ1n) is 8.98. The number of hydrogen-bond donors (Lipinski definition) is 1. The highest BCUT2D eigenvalue weighted by Crippen LogP contribution is 2.34. The van der Waals surface area contributed by atoms with Crippen LogP contribution in [0.1, 0.15) is 45.4 Å². The zero-order valence-corrected chi connectivity index (χ0v) is 14.9. The van der Waals surface area contributed by atoms with Gasteiger partial charge in [0.2, 0.25) is 11.8 Å². The third-order valence-corrected chi connectivity index (χ3v) is 5.50. The summed E-state index contributed by atoms with van der Waals surface area (Å²) in [7, 11) is 0. The van der Waals surface area contributed by atoms with Crippen LogP contribution in [0.4, 0.5) is 0 Å². The van der Waals surface area contributed by atoms with Crippen molar-refractivity contribution in [2.24, 2.45) is 11.8 Å². The minimum atomic E-state index is -0.0767. The number of amides is 2. The fourth-order valence-corrected chi connectivity index (χ4v) is 4.26. The van der Waals surface area contributed by atoms with Gasteiger partial charge in [-0.15, -0.1) is 12.4 Å². The van der Waals surface area contributed by atoms with Crippen LogP contribution >= 0.6 is 12.4 Å². The standard InChI is InChI=1S/C17H29N3O2.ClH/c1-13-12-20(11-8-18-13)17(22)15-7-3-2-6-14(15)16(21)19-9-4-5-10-19;/h13-15,18H,2-12H2,1H3;1H. The largest absolute Gasteiger partial charge is 0.342 e. The molecule has 1 N–H and O–H groups in total. The van der Waals surface area contributed by atoms with Gasteiger partial charge in [-0.2, -0.15) is 0 Å². The van der Waals surface area contributed by atoms with Crippen LogP contribution in [0.25, 0.3) is 0 Å². The number of nitrogens with one attached hydrogen (secondary N) is 1. The van der Waals surface area contributed by atoms with E-state index >= 15 is 0 Å². The van der Waals surface area contributed by atoms with Gasteiger partial charge in [0.25, 0.3) is 0 Å². The molecule has 1 saturated carbocycles. The second-order valence-corrected chi connectivity index (χ2v) is 7.17. The van der Waals surface area contributed by atoms with Crippen molar-refractivity contribution < 1.29 is 9.59 Å². The van der Waals surface area contributed by atoms with Crippen LogP contribution in [-0.2, 0) is 9.59 Å². The Morgan fingerprint density at radius 3 is 2.00 bits per heavy atom. The third-order valence-electron chi connectivity index (χ3n) is 5.50. The zero-order valence-electron chi connectivity index (χ0n) is 14.1. The minimum absolute atomic E-state index is 0. The Kier molecular flexibility index (Phi) is 6.72. The summed E-state index contributed by atoms with van der Waals surface area (Å²) in [6.07, 6.45) is 6.20. The maximum absolute atomic E-state index is 13.0. The van der Waals surface area contributed by atoms with Gasteiger partial charge < -0.3 is 15.1 Å². The van der Waals surface area contributed by atoms with Crippen LogP contribution in [0.3, 0.4) is 0 Å². The quantitative estimate of drug-likeness (QED) is 0.829. The van der Waals surface area contributed by atoms with E-state index in [1.165, 1.54) is 0 Å². The molecule has 23 heavy (non-hydrogen) atoms. The summed E-state index contributed by atoms with van der Waals surface area (Å²) >= 11 is 0. The predicted octanol–water partition coefficient (Wildman–Crippen LogP) is 1.66. The molecule has 2 saturated heterocycles. The maximum atomic E-state index is 13.0. The average molecular weight is 344 g/mol. The van der Waals surface area contributed by atoms with Crippen molar-refractivity contribution in [2.75, 3.05) is 32.7 Å². The number of likely N-dealkylation sites (tertiary alicyclic amines) is 1. The van der Waals surface area contributed by atoms with Gasteiger partial charge in [0.15, 0.2) is 0 Å². The monoisotopic (exact) mass is 343 g/mol. The van der Waals surface area contributed by atoms with E-state index in [0.717, 1.165) is 71.2 Å². The number of halogens is 1. The molecule has 0 bridgehead atoms. The molecular weight excluding hydrogens is 314 g/mol. The molecule has 3 aliphatic rings. The lowest BCUT2D eigenvalue weighted by atomic mass is 9.77. The molecule has 3 rings (SSSR count). The van der Waals surface area contributed by atoms with E-state index in [-0.39, 0.29) is 36.1 Å². The molecule has 0 aromatic rings. The van der Waals surface area contributed by atoms with Crippen molar-refractivity contribution in [1.82, 2.24) is 15.1 Å². The number of hydrogen-bond acceptors (Lipinski definition) is 3. The molecule has 132 valence electrons. The van der Waals surface area contributed by atoms with Gasteiger partial charge in [-0.05, 0) is 32.6 Å². The van der Waals surface area contributed by atoms with E-state index in [9.17, 15) is 9.59 Å². The normalized spacial score (nSPS) is 31.6. The van der Waals surface area contributed by atoms with Crippen LogP contribution in [0.15, 0.2) is 0 Å². The van der Waals surface area contributed by atoms with Crippen LogP contribution in [0.2, 0.25) is 0 Å². The second kappa shape index (κ2) is 8.34. The molecule has 0 aromatic carbocycles. The lowest BCUT2D eigenvalue weighted by molar-refractivity contribution is -0.148. The van der Waals surface area contributed by atoms with Crippen molar-refractivity contribution in [2.45, 2.75) is 51.5 Å². The first-order chi connectivity index (χ1) is 10.7. The predicted molar refractivity (Wildman–Crippen MR) is 92.6 cm³/mol. The Bertz CT molecular complexity index is 426. The summed E-state index contributed by atoms with van der Waals surface area (Å²) in [5.74, 6) is 0.334. The second-order valence-electron chi connectivity index (χ2n) is 7.17. The number of carbonyl (C=O) groups excluding carboxylic acids is 2. The smallest absolute Gasteiger partial charge is 0.226 e. The van der Waals surface area contributed by atoms with Gasteiger partial charge in [-0.25, -0.2) is 0 Å². The maximum Gasteiger partial charge on any atom is 0.226 e. The van der Waals surface area contributed by atoms with Crippen LogP contribution in [-0.4, -0.2) is 60.4 Å². The van der Waals surface area contributed by atoms with Crippen LogP contribution in [0, 0.1) is 11.8 Å². The molecule has 5 nitrogen and oxygen atoms in total. The average Bonchev–Trinajstić information content (AvgIpc) is 3.08. The van der Waals surface area contributed by atoms with Crippen molar-refractivity contribution in [1.29, 1.82) is 0 Å². The van der Waals surface area contributed by atoms with Gasteiger partial charge in [0.1, 0.15) is 0 Å². The lowest BCUT2D eigenvalue weighted by Crippen LogP contribution is -2.54. The molecule has 0 radical (unpaired) electrons. The van der Waals surface area contributed by atoms with E-state index in [1.54, 1.807) is 0 Å². The van der Waals surface area contributed by atoms with Gasteiger partial charge in [0.05, 0.1) is 0 Å². The number of piperazine rings is 1. The molecule has 2 heterocycles. The Labute approximate surface area is 145 Å². The van der Waals surface area contributed by atoms with E-state index in [2.05, 4.69) is 12.2 Å². The van der Waals surface area contributed by atoms with Crippen LogP contribution in [0.5, 0.6) is 0 Å². The first kappa shape index (κ1) is 18.5. The number of rotatable bonds is 2. The Balaban J connectivity index is 0.00000192. The Hall–Kier alpha value is -0.810. The SMILES string of the molecule is CC1CN(C(=O)C2CCCCC2C(=O)N2CCCC2)CCN1.Cl. The van der Waals surface area contributed by atoms with Gasteiger partial charge in [0, 0.05) is 50.6 Å². The van der Waals surface area contributed by atoms with Crippen molar-refractivity contribution >= 4 is 24.2 Å². The summed E-state index contributed by atoms with van der Waals surface area (Å²) < 4.78 is 0. The molecule has 0 aromatic heterocycles. The zero-order chi connectivity index (χ0) is 15.5. The van der Waals surface area contributed by atoms with Gasteiger partial charge in [-0.1, -0.05) is 12.8 Å². The summed E-state index contributed by atoms with van der Waals surface area (Å²) in [4.78, 5) is 29.7. The highest BCUT2D eigenvalue weighted by Gasteiger charge is 2.40. The Morgan fingerprint density at radius 1 is 0.870 bits per heavy atom. The fourth-order valence-electron chi connectivity index (χ4n) is 4.26. The highest BCUT2D eigenvalue weighted by atomic mass is 35.5. The van der Waals surface area contributed by atoms with E-state index in [4.69, 9.17) is 0 Å². The molecule has 0 spiro atoms. The molecule has 1 aliphatic carbocycles. The van der Waals surface area contributed by atoms with Crippen molar-refractivity contribution in [3.05, 3.63) is 0 Å².